The first kappa shape index (κ1) is 13.5. The van der Waals surface area contributed by atoms with E-state index in [2.05, 4.69) is 37.4 Å². The Hall–Kier alpha value is -1.51. The number of hydrogen-bond acceptors (Lipinski definition) is 2. The fourth-order valence-corrected chi connectivity index (χ4v) is 3.65. The number of rotatable bonds is 4. The Morgan fingerprint density at radius 2 is 2.20 bits per heavy atom. The Labute approximate surface area is 120 Å². The van der Waals surface area contributed by atoms with Crippen LogP contribution in [0.15, 0.2) is 18.2 Å². The molecule has 20 heavy (non-hydrogen) atoms. The molecule has 0 spiro atoms. The third-order valence-electron chi connectivity index (χ3n) is 4.33. The molecule has 1 unspecified atom stereocenters. The summed E-state index contributed by atoms with van der Waals surface area (Å²) in [7, 11) is 0. The molecule has 1 fully saturated rings. The highest BCUT2D eigenvalue weighted by atomic mass is 16.5. The molecule has 0 bridgehead atoms. The van der Waals surface area contributed by atoms with E-state index in [1.807, 2.05) is 0 Å². The van der Waals surface area contributed by atoms with Crippen LogP contribution in [0.1, 0.15) is 44.2 Å². The molecule has 0 radical (unpaired) electrons. The molecule has 2 aliphatic heterocycles. The lowest BCUT2D eigenvalue weighted by Gasteiger charge is -2.31. The number of carbonyl (C=O) groups excluding carboxylic acids is 1. The lowest BCUT2D eigenvalue weighted by molar-refractivity contribution is -0.119. The van der Waals surface area contributed by atoms with Crippen molar-refractivity contribution in [2.75, 3.05) is 6.61 Å². The van der Waals surface area contributed by atoms with Gasteiger partial charge in [-0.15, -0.1) is 0 Å². The third kappa shape index (κ3) is 2.67. The van der Waals surface area contributed by atoms with Crippen LogP contribution < -0.4 is 10.1 Å². The topological polar surface area (TPSA) is 38.3 Å². The molecule has 108 valence electrons. The SMILES string of the molecule is CC(C)CC1(Cc2ccc3c(c2)CCO3)CCC(=O)N1. The standard InChI is InChI=1S/C17H23NO2/c1-12(2)10-17(7-5-16(19)18-17)11-13-3-4-15-14(9-13)6-8-20-15/h3-4,9,12H,5-8,10-11H2,1-2H3,(H,18,19). The average molecular weight is 273 g/mol. The second kappa shape index (κ2) is 5.12. The zero-order chi connectivity index (χ0) is 14.2. The minimum Gasteiger partial charge on any atom is -0.493 e. The van der Waals surface area contributed by atoms with E-state index in [0.717, 1.165) is 38.0 Å². The maximum atomic E-state index is 11.7. The minimum atomic E-state index is -0.0427. The van der Waals surface area contributed by atoms with Crippen molar-refractivity contribution in [1.82, 2.24) is 5.32 Å². The minimum absolute atomic E-state index is 0.0427. The van der Waals surface area contributed by atoms with Gasteiger partial charge in [0.2, 0.25) is 5.91 Å². The van der Waals surface area contributed by atoms with Gasteiger partial charge in [0.25, 0.3) is 0 Å². The second-order valence-corrected chi connectivity index (χ2v) is 6.64. The molecular weight excluding hydrogens is 250 g/mol. The van der Waals surface area contributed by atoms with Gasteiger partial charge in [0.05, 0.1) is 6.61 Å². The average Bonchev–Trinajstić information content (AvgIpc) is 2.95. The van der Waals surface area contributed by atoms with Gasteiger partial charge in [0.15, 0.2) is 0 Å². The zero-order valence-corrected chi connectivity index (χ0v) is 12.4. The summed E-state index contributed by atoms with van der Waals surface area (Å²) in [5.74, 6) is 1.82. The molecule has 1 aromatic carbocycles. The highest BCUT2D eigenvalue weighted by molar-refractivity contribution is 5.79. The van der Waals surface area contributed by atoms with Gasteiger partial charge >= 0.3 is 0 Å². The van der Waals surface area contributed by atoms with Crippen molar-refractivity contribution in [3.8, 4) is 5.75 Å². The van der Waals surface area contributed by atoms with E-state index in [1.54, 1.807) is 0 Å². The van der Waals surface area contributed by atoms with E-state index in [-0.39, 0.29) is 11.4 Å². The van der Waals surface area contributed by atoms with Crippen molar-refractivity contribution in [3.05, 3.63) is 29.3 Å². The summed E-state index contributed by atoms with van der Waals surface area (Å²) in [5.41, 5.74) is 2.59. The molecule has 3 rings (SSSR count). The highest BCUT2D eigenvalue weighted by Gasteiger charge is 2.38. The number of amides is 1. The Morgan fingerprint density at radius 3 is 2.90 bits per heavy atom. The lowest BCUT2D eigenvalue weighted by atomic mass is 9.82. The second-order valence-electron chi connectivity index (χ2n) is 6.64. The van der Waals surface area contributed by atoms with Crippen LogP contribution >= 0.6 is 0 Å². The molecular formula is C17H23NO2. The molecule has 1 aromatic rings. The molecule has 0 aromatic heterocycles. The van der Waals surface area contributed by atoms with Crippen LogP contribution in [0, 0.1) is 5.92 Å². The number of ether oxygens (including phenoxy) is 1. The molecule has 3 nitrogen and oxygen atoms in total. The van der Waals surface area contributed by atoms with Crippen molar-refractivity contribution < 1.29 is 9.53 Å². The van der Waals surface area contributed by atoms with Crippen molar-refractivity contribution in [3.63, 3.8) is 0 Å². The Bertz CT molecular complexity index is 524. The number of nitrogens with one attached hydrogen (secondary N) is 1. The summed E-state index contributed by atoms with van der Waals surface area (Å²) in [6, 6.07) is 6.49. The summed E-state index contributed by atoms with van der Waals surface area (Å²) < 4.78 is 5.56. The maximum absolute atomic E-state index is 11.7. The van der Waals surface area contributed by atoms with Gasteiger partial charge in [-0.25, -0.2) is 0 Å². The van der Waals surface area contributed by atoms with Gasteiger partial charge in [-0.2, -0.15) is 0 Å². The van der Waals surface area contributed by atoms with Gasteiger partial charge in [-0.3, -0.25) is 4.79 Å². The van der Waals surface area contributed by atoms with E-state index in [1.165, 1.54) is 11.1 Å². The Kier molecular flexibility index (Phi) is 3.45. The van der Waals surface area contributed by atoms with Crippen molar-refractivity contribution in [1.29, 1.82) is 0 Å². The van der Waals surface area contributed by atoms with Crippen LogP contribution in [0.5, 0.6) is 5.75 Å². The van der Waals surface area contributed by atoms with Crippen molar-refractivity contribution >= 4 is 5.91 Å². The number of hydrogen-bond donors (Lipinski definition) is 1. The molecule has 3 heteroatoms. The van der Waals surface area contributed by atoms with E-state index >= 15 is 0 Å². The Morgan fingerprint density at radius 1 is 1.35 bits per heavy atom. The van der Waals surface area contributed by atoms with E-state index in [0.29, 0.717) is 12.3 Å². The summed E-state index contributed by atoms with van der Waals surface area (Å²) >= 11 is 0. The summed E-state index contributed by atoms with van der Waals surface area (Å²) in [6.45, 7) is 5.25. The molecule has 1 saturated heterocycles. The zero-order valence-electron chi connectivity index (χ0n) is 12.4. The Balaban J connectivity index is 1.81. The quantitative estimate of drug-likeness (QED) is 0.916. The maximum Gasteiger partial charge on any atom is 0.220 e. The highest BCUT2D eigenvalue weighted by Crippen LogP contribution is 2.33. The van der Waals surface area contributed by atoms with E-state index < -0.39 is 0 Å². The van der Waals surface area contributed by atoms with Crippen molar-refractivity contribution in [2.45, 2.75) is 51.5 Å². The number of benzene rings is 1. The van der Waals surface area contributed by atoms with Crippen LogP contribution in [0.2, 0.25) is 0 Å². The van der Waals surface area contributed by atoms with E-state index in [4.69, 9.17) is 4.74 Å². The van der Waals surface area contributed by atoms with Crippen LogP contribution in [-0.4, -0.2) is 18.1 Å². The van der Waals surface area contributed by atoms with Gasteiger partial charge in [0, 0.05) is 18.4 Å². The molecule has 0 aliphatic carbocycles. The fourth-order valence-electron chi connectivity index (χ4n) is 3.65. The first-order valence-corrected chi connectivity index (χ1v) is 7.62. The van der Waals surface area contributed by atoms with Crippen molar-refractivity contribution in [2.24, 2.45) is 5.92 Å². The molecule has 1 atom stereocenters. The first-order chi connectivity index (χ1) is 9.56. The van der Waals surface area contributed by atoms with Gasteiger partial charge < -0.3 is 10.1 Å². The van der Waals surface area contributed by atoms with Gasteiger partial charge in [-0.05, 0) is 42.4 Å². The molecule has 2 heterocycles. The summed E-state index contributed by atoms with van der Waals surface area (Å²) in [5, 5.41) is 3.24. The third-order valence-corrected chi connectivity index (χ3v) is 4.33. The van der Waals surface area contributed by atoms with Crippen LogP contribution in [0.4, 0.5) is 0 Å². The smallest absolute Gasteiger partial charge is 0.220 e. The molecule has 1 amide bonds. The fraction of sp³-hybridized carbons (Fsp3) is 0.588. The van der Waals surface area contributed by atoms with Crippen LogP contribution in [-0.2, 0) is 17.6 Å². The molecule has 0 saturated carbocycles. The lowest BCUT2D eigenvalue weighted by Crippen LogP contribution is -2.44. The predicted molar refractivity (Wildman–Crippen MR) is 78.9 cm³/mol. The molecule has 2 aliphatic rings. The first-order valence-electron chi connectivity index (χ1n) is 7.62. The summed E-state index contributed by atoms with van der Waals surface area (Å²) in [4.78, 5) is 11.7. The molecule has 1 N–H and O–H groups in total. The van der Waals surface area contributed by atoms with Gasteiger partial charge in [0.1, 0.15) is 5.75 Å². The summed E-state index contributed by atoms with van der Waals surface area (Å²) in [6.07, 6.45) is 4.61. The monoisotopic (exact) mass is 273 g/mol. The normalized spacial score (nSPS) is 24.6. The van der Waals surface area contributed by atoms with Gasteiger partial charge in [-0.1, -0.05) is 26.0 Å². The number of carbonyl (C=O) groups is 1. The van der Waals surface area contributed by atoms with Crippen LogP contribution in [0.25, 0.3) is 0 Å². The number of fused-ring (bicyclic) bond motifs is 1. The van der Waals surface area contributed by atoms with Crippen LogP contribution in [0.3, 0.4) is 0 Å². The predicted octanol–water partition coefficient (Wildman–Crippen LogP) is 2.86. The van der Waals surface area contributed by atoms with E-state index in [9.17, 15) is 4.79 Å². The largest absolute Gasteiger partial charge is 0.493 e.